The van der Waals surface area contributed by atoms with Gasteiger partial charge in [-0.25, -0.2) is 4.98 Å². The van der Waals surface area contributed by atoms with Crippen LogP contribution in [-0.4, -0.2) is 34.5 Å². The number of ether oxygens (including phenoxy) is 1. The van der Waals surface area contributed by atoms with Crippen molar-refractivity contribution in [2.75, 3.05) is 13.2 Å². The van der Waals surface area contributed by atoms with Crippen molar-refractivity contribution in [3.63, 3.8) is 0 Å². The molecular formula is C8H10NO3. The van der Waals surface area contributed by atoms with Crippen LogP contribution in [0.5, 0.6) is 5.88 Å². The summed E-state index contributed by atoms with van der Waals surface area (Å²) in [7, 11) is 0. The number of hydrogen-bond donors (Lipinski definition) is 2. The fraction of sp³-hybridized carbons (Fsp3) is 0.375. The molecule has 0 aliphatic heterocycles. The van der Waals surface area contributed by atoms with E-state index in [0.29, 0.717) is 5.88 Å². The molecule has 0 bridgehead atoms. The van der Waals surface area contributed by atoms with E-state index in [2.05, 4.69) is 11.1 Å². The smallest absolute Gasteiger partial charge is 0.213 e. The van der Waals surface area contributed by atoms with E-state index < -0.39 is 6.10 Å². The third-order valence-electron chi connectivity index (χ3n) is 1.22. The molecule has 1 rings (SSSR count). The Hall–Kier alpha value is -1.13. The molecule has 2 N–H and O–H groups in total. The van der Waals surface area contributed by atoms with Crippen LogP contribution in [0.2, 0.25) is 0 Å². The van der Waals surface area contributed by atoms with E-state index in [1.165, 1.54) is 6.20 Å². The number of nitrogens with zero attached hydrogens (tertiary/aromatic N) is 1. The van der Waals surface area contributed by atoms with E-state index in [1.807, 2.05) is 0 Å². The molecule has 12 heavy (non-hydrogen) atoms. The standard InChI is InChI=1S/C8H10NO3/c10-5-7(11)6-12-8-3-1-2-4-9-8/h1,3-4,7,10-11H,5-6H2. The lowest BCUT2D eigenvalue weighted by Crippen LogP contribution is -2.21. The Kier molecular flexibility index (Phi) is 3.50. The van der Waals surface area contributed by atoms with Gasteiger partial charge in [0.2, 0.25) is 5.88 Å². The van der Waals surface area contributed by atoms with E-state index in [-0.39, 0.29) is 13.2 Å². The van der Waals surface area contributed by atoms with Gasteiger partial charge in [0, 0.05) is 18.3 Å². The highest BCUT2D eigenvalue weighted by molar-refractivity contribution is 5.08. The normalized spacial score (nSPS) is 12.5. The summed E-state index contributed by atoms with van der Waals surface area (Å²) in [6, 6.07) is 6.02. The molecule has 1 aromatic heterocycles. The molecule has 0 aliphatic rings. The maximum atomic E-state index is 8.91. The topological polar surface area (TPSA) is 62.6 Å². The Morgan fingerprint density at radius 1 is 1.67 bits per heavy atom. The molecule has 1 atom stereocenters. The zero-order valence-corrected chi connectivity index (χ0v) is 6.47. The predicted octanol–water partition coefficient (Wildman–Crippen LogP) is -0.386. The summed E-state index contributed by atoms with van der Waals surface area (Å²) < 4.78 is 5.02. The Balaban J connectivity index is 2.33. The maximum absolute atomic E-state index is 8.91. The van der Waals surface area contributed by atoms with Crippen molar-refractivity contribution in [1.29, 1.82) is 0 Å². The molecule has 1 radical (unpaired) electrons. The average Bonchev–Trinajstić information content (AvgIpc) is 2.16. The Morgan fingerprint density at radius 3 is 3.08 bits per heavy atom. The fourth-order valence-corrected chi connectivity index (χ4v) is 0.626. The molecule has 0 spiro atoms. The van der Waals surface area contributed by atoms with Gasteiger partial charge in [-0.2, -0.15) is 0 Å². The second-order valence-electron chi connectivity index (χ2n) is 2.24. The van der Waals surface area contributed by atoms with E-state index >= 15 is 0 Å². The molecule has 4 heteroatoms. The first-order valence-electron chi connectivity index (χ1n) is 3.56. The van der Waals surface area contributed by atoms with Gasteiger partial charge in [-0.15, -0.1) is 0 Å². The molecular weight excluding hydrogens is 158 g/mol. The van der Waals surface area contributed by atoms with Gasteiger partial charge in [0.05, 0.1) is 6.61 Å². The summed E-state index contributed by atoms with van der Waals surface area (Å²) in [6.07, 6.45) is 0.622. The van der Waals surface area contributed by atoms with Gasteiger partial charge in [0.15, 0.2) is 0 Å². The predicted molar refractivity (Wildman–Crippen MR) is 41.7 cm³/mol. The Bertz CT molecular complexity index is 215. The summed E-state index contributed by atoms with van der Waals surface area (Å²) in [4.78, 5) is 3.81. The highest BCUT2D eigenvalue weighted by Crippen LogP contribution is 2.02. The first-order valence-corrected chi connectivity index (χ1v) is 3.56. The SMILES string of the molecule is OCC(O)COc1cc[c]cn1. The average molecular weight is 168 g/mol. The molecule has 65 valence electrons. The van der Waals surface area contributed by atoms with Crippen molar-refractivity contribution >= 4 is 0 Å². The second-order valence-corrected chi connectivity index (χ2v) is 2.24. The lowest BCUT2D eigenvalue weighted by molar-refractivity contribution is 0.0521. The van der Waals surface area contributed by atoms with Crippen molar-refractivity contribution < 1.29 is 14.9 Å². The van der Waals surface area contributed by atoms with Crippen molar-refractivity contribution in [3.8, 4) is 5.88 Å². The number of aliphatic hydroxyl groups is 2. The maximum Gasteiger partial charge on any atom is 0.213 e. The largest absolute Gasteiger partial charge is 0.475 e. The van der Waals surface area contributed by atoms with E-state index in [1.54, 1.807) is 12.1 Å². The molecule has 0 saturated carbocycles. The van der Waals surface area contributed by atoms with Crippen LogP contribution in [0.3, 0.4) is 0 Å². The van der Waals surface area contributed by atoms with Crippen LogP contribution in [0.4, 0.5) is 0 Å². The van der Waals surface area contributed by atoms with Gasteiger partial charge in [-0.05, 0) is 6.07 Å². The summed E-state index contributed by atoms with van der Waals surface area (Å²) >= 11 is 0. The molecule has 1 aromatic rings. The zero-order chi connectivity index (χ0) is 8.81. The van der Waals surface area contributed by atoms with Crippen LogP contribution in [0.1, 0.15) is 0 Å². The van der Waals surface area contributed by atoms with Crippen LogP contribution < -0.4 is 4.74 Å². The number of pyridine rings is 1. The molecule has 1 unspecified atom stereocenters. The quantitative estimate of drug-likeness (QED) is 0.643. The van der Waals surface area contributed by atoms with Crippen LogP contribution >= 0.6 is 0 Å². The van der Waals surface area contributed by atoms with Crippen LogP contribution in [0.15, 0.2) is 18.3 Å². The minimum Gasteiger partial charge on any atom is -0.475 e. The monoisotopic (exact) mass is 168 g/mol. The Morgan fingerprint density at radius 2 is 2.50 bits per heavy atom. The van der Waals surface area contributed by atoms with Crippen molar-refractivity contribution in [2.24, 2.45) is 0 Å². The van der Waals surface area contributed by atoms with E-state index in [4.69, 9.17) is 14.9 Å². The minimum atomic E-state index is -0.851. The second kappa shape index (κ2) is 4.69. The summed E-state index contributed by atoms with van der Waals surface area (Å²) in [5.41, 5.74) is 0. The highest BCUT2D eigenvalue weighted by Gasteiger charge is 2.02. The molecule has 0 saturated heterocycles. The lowest BCUT2D eigenvalue weighted by atomic mass is 10.4. The van der Waals surface area contributed by atoms with Gasteiger partial charge < -0.3 is 14.9 Å². The van der Waals surface area contributed by atoms with Crippen molar-refractivity contribution in [2.45, 2.75) is 6.10 Å². The van der Waals surface area contributed by atoms with Crippen molar-refractivity contribution in [3.05, 3.63) is 24.4 Å². The van der Waals surface area contributed by atoms with Crippen molar-refractivity contribution in [1.82, 2.24) is 4.98 Å². The third-order valence-corrected chi connectivity index (χ3v) is 1.22. The van der Waals surface area contributed by atoms with Gasteiger partial charge in [-0.3, -0.25) is 0 Å². The molecule has 4 nitrogen and oxygen atoms in total. The first-order chi connectivity index (χ1) is 5.83. The number of hydrogen-bond acceptors (Lipinski definition) is 4. The molecule has 1 heterocycles. The zero-order valence-electron chi connectivity index (χ0n) is 6.47. The summed E-state index contributed by atoms with van der Waals surface area (Å²) in [5.74, 6) is 0.418. The Labute approximate surface area is 70.4 Å². The lowest BCUT2D eigenvalue weighted by Gasteiger charge is -2.07. The molecule has 0 amide bonds. The molecule has 0 fully saturated rings. The number of aromatic nitrogens is 1. The van der Waals surface area contributed by atoms with Crippen LogP contribution in [0.25, 0.3) is 0 Å². The number of aliphatic hydroxyl groups excluding tert-OH is 2. The summed E-state index contributed by atoms with van der Waals surface area (Å²) in [5, 5.41) is 17.4. The van der Waals surface area contributed by atoms with Crippen LogP contribution in [-0.2, 0) is 0 Å². The first kappa shape index (κ1) is 8.96. The minimum absolute atomic E-state index is 0.0491. The van der Waals surface area contributed by atoms with Crippen LogP contribution in [0, 0.1) is 6.07 Å². The highest BCUT2D eigenvalue weighted by atomic mass is 16.5. The van der Waals surface area contributed by atoms with E-state index in [9.17, 15) is 0 Å². The van der Waals surface area contributed by atoms with Gasteiger partial charge >= 0.3 is 0 Å². The fourth-order valence-electron chi connectivity index (χ4n) is 0.626. The molecule has 0 aromatic carbocycles. The summed E-state index contributed by atoms with van der Waals surface area (Å²) in [6.45, 7) is -0.257. The van der Waals surface area contributed by atoms with E-state index in [0.717, 1.165) is 0 Å². The number of rotatable bonds is 4. The van der Waals surface area contributed by atoms with Gasteiger partial charge in [0.25, 0.3) is 0 Å². The third kappa shape index (κ3) is 2.86. The van der Waals surface area contributed by atoms with Gasteiger partial charge in [-0.1, -0.05) is 0 Å². The molecule has 0 aliphatic carbocycles. The van der Waals surface area contributed by atoms with Gasteiger partial charge in [0.1, 0.15) is 12.7 Å².